The lowest BCUT2D eigenvalue weighted by atomic mass is 9.74. The van der Waals surface area contributed by atoms with Crippen LogP contribution >= 0.6 is 15.9 Å². The van der Waals surface area contributed by atoms with Crippen LogP contribution in [0.2, 0.25) is 0 Å². The third-order valence-electron chi connectivity index (χ3n) is 3.58. The zero-order chi connectivity index (χ0) is 13.3. The number of piperidine rings is 1. The summed E-state index contributed by atoms with van der Waals surface area (Å²) in [7, 11) is 0. The average Bonchev–Trinajstić information content (AvgIpc) is 2.28. The molecule has 2 heterocycles. The van der Waals surface area contributed by atoms with Crippen LogP contribution in [0.25, 0.3) is 0 Å². The molecule has 2 rings (SSSR count). The minimum Gasteiger partial charge on any atom is -0.391 e. The van der Waals surface area contributed by atoms with E-state index in [0.717, 1.165) is 17.4 Å². The Labute approximate surface area is 117 Å². The van der Waals surface area contributed by atoms with E-state index in [9.17, 15) is 5.11 Å². The second kappa shape index (κ2) is 5.13. The fourth-order valence-corrected chi connectivity index (χ4v) is 2.80. The van der Waals surface area contributed by atoms with Crippen LogP contribution in [-0.2, 0) is 0 Å². The minimum atomic E-state index is -0.314. The van der Waals surface area contributed by atoms with Gasteiger partial charge in [0.25, 0.3) is 0 Å². The molecule has 1 aromatic rings. The van der Waals surface area contributed by atoms with Gasteiger partial charge in [0, 0.05) is 25.5 Å². The molecular weight excluding hydrogens is 294 g/mol. The van der Waals surface area contributed by atoms with Crippen molar-refractivity contribution >= 4 is 21.9 Å². The molecule has 2 atom stereocenters. The lowest BCUT2D eigenvalue weighted by molar-refractivity contribution is 0.0289. The van der Waals surface area contributed by atoms with Crippen LogP contribution in [0.4, 0.5) is 5.95 Å². The van der Waals surface area contributed by atoms with Crippen LogP contribution in [0.5, 0.6) is 0 Å². The zero-order valence-corrected chi connectivity index (χ0v) is 12.7. The van der Waals surface area contributed by atoms with E-state index in [0.29, 0.717) is 18.4 Å². The van der Waals surface area contributed by atoms with Gasteiger partial charge in [0.05, 0.1) is 10.6 Å². The van der Waals surface area contributed by atoms with Crippen molar-refractivity contribution in [1.82, 2.24) is 9.97 Å². The summed E-state index contributed by atoms with van der Waals surface area (Å²) in [4.78, 5) is 10.6. The van der Waals surface area contributed by atoms with Crippen molar-refractivity contribution < 1.29 is 5.11 Å². The predicted molar refractivity (Wildman–Crippen MR) is 75.5 cm³/mol. The number of aliphatic hydroxyl groups excluding tert-OH is 1. The van der Waals surface area contributed by atoms with Crippen molar-refractivity contribution in [2.45, 2.75) is 33.3 Å². The molecular formula is C13H20BrN3O. The van der Waals surface area contributed by atoms with E-state index < -0.39 is 0 Å². The first-order valence-corrected chi connectivity index (χ1v) is 7.08. The van der Waals surface area contributed by atoms with Crippen LogP contribution < -0.4 is 4.90 Å². The number of rotatable bonds is 1. The number of anilines is 1. The van der Waals surface area contributed by atoms with Crippen molar-refractivity contribution in [3.63, 3.8) is 0 Å². The number of halogens is 1. The van der Waals surface area contributed by atoms with E-state index in [1.54, 1.807) is 12.4 Å². The monoisotopic (exact) mass is 313 g/mol. The molecule has 1 aromatic heterocycles. The molecule has 1 fully saturated rings. The van der Waals surface area contributed by atoms with E-state index >= 15 is 0 Å². The van der Waals surface area contributed by atoms with Gasteiger partial charge >= 0.3 is 0 Å². The maximum absolute atomic E-state index is 10.3. The van der Waals surface area contributed by atoms with Gasteiger partial charge in [0.2, 0.25) is 5.95 Å². The molecule has 0 aliphatic carbocycles. The highest BCUT2D eigenvalue weighted by molar-refractivity contribution is 9.10. The molecule has 1 aliphatic rings. The Morgan fingerprint density at radius 3 is 2.44 bits per heavy atom. The molecule has 0 unspecified atom stereocenters. The molecule has 100 valence electrons. The Hall–Kier alpha value is -0.680. The van der Waals surface area contributed by atoms with Crippen molar-refractivity contribution in [2.75, 3.05) is 18.0 Å². The van der Waals surface area contributed by atoms with Gasteiger partial charge < -0.3 is 10.0 Å². The molecule has 0 spiro atoms. The number of aliphatic hydroxyl groups is 1. The maximum Gasteiger partial charge on any atom is 0.225 e. The van der Waals surface area contributed by atoms with Crippen molar-refractivity contribution in [3.8, 4) is 0 Å². The van der Waals surface area contributed by atoms with Crippen molar-refractivity contribution in [3.05, 3.63) is 16.9 Å². The van der Waals surface area contributed by atoms with E-state index in [4.69, 9.17) is 0 Å². The molecule has 0 aromatic carbocycles. The van der Waals surface area contributed by atoms with Gasteiger partial charge in [-0.2, -0.15) is 0 Å². The normalized spacial score (nSPS) is 25.3. The van der Waals surface area contributed by atoms with Crippen LogP contribution in [-0.4, -0.2) is 34.3 Å². The molecule has 0 radical (unpaired) electrons. The summed E-state index contributed by atoms with van der Waals surface area (Å²) in [5.41, 5.74) is 0.145. The summed E-state index contributed by atoms with van der Waals surface area (Å²) < 4.78 is 0.872. The lowest BCUT2D eigenvalue weighted by Gasteiger charge is -2.42. The zero-order valence-electron chi connectivity index (χ0n) is 11.1. The van der Waals surface area contributed by atoms with Gasteiger partial charge in [-0.3, -0.25) is 0 Å². The third-order valence-corrected chi connectivity index (χ3v) is 3.99. The second-order valence-electron chi connectivity index (χ2n) is 5.98. The van der Waals surface area contributed by atoms with Gasteiger partial charge in [-0.1, -0.05) is 20.8 Å². The summed E-state index contributed by atoms with van der Waals surface area (Å²) in [5, 5.41) is 10.3. The predicted octanol–water partition coefficient (Wildman–Crippen LogP) is 2.47. The minimum absolute atomic E-state index is 0.145. The molecule has 1 saturated heterocycles. The Bertz CT molecular complexity index is 402. The van der Waals surface area contributed by atoms with Crippen LogP contribution in [0.3, 0.4) is 0 Å². The average molecular weight is 314 g/mol. The molecule has 1 aliphatic heterocycles. The molecule has 5 heteroatoms. The number of hydrogen-bond donors (Lipinski definition) is 1. The number of nitrogens with zero attached hydrogens (tertiary/aromatic N) is 3. The summed E-state index contributed by atoms with van der Waals surface area (Å²) in [6.45, 7) is 8.08. The van der Waals surface area contributed by atoms with Gasteiger partial charge in [0.1, 0.15) is 0 Å². The molecule has 4 nitrogen and oxygen atoms in total. The fourth-order valence-electron chi connectivity index (χ4n) is 2.59. The standard InChI is InChI=1S/C13H20BrN3O/c1-13(2,3)10-4-5-17(8-11(10)18)12-15-6-9(14)7-16-12/h6-7,10-11,18H,4-5,8H2,1-3H3/t10-,11+/m0/s1. The molecule has 0 bridgehead atoms. The van der Waals surface area contributed by atoms with E-state index in [1.807, 2.05) is 0 Å². The first kappa shape index (κ1) is 13.7. The molecule has 0 amide bonds. The van der Waals surface area contributed by atoms with Crippen molar-refractivity contribution in [1.29, 1.82) is 0 Å². The van der Waals surface area contributed by atoms with Gasteiger partial charge in [-0.05, 0) is 33.7 Å². The Morgan fingerprint density at radius 2 is 1.94 bits per heavy atom. The Kier molecular flexibility index (Phi) is 3.92. The second-order valence-corrected chi connectivity index (χ2v) is 6.89. The topological polar surface area (TPSA) is 49.2 Å². The lowest BCUT2D eigenvalue weighted by Crippen LogP contribution is -2.48. The fraction of sp³-hybridized carbons (Fsp3) is 0.692. The largest absolute Gasteiger partial charge is 0.391 e. The Morgan fingerprint density at radius 1 is 1.33 bits per heavy atom. The molecule has 0 saturated carbocycles. The number of hydrogen-bond acceptors (Lipinski definition) is 4. The number of aromatic nitrogens is 2. The first-order valence-electron chi connectivity index (χ1n) is 6.28. The summed E-state index contributed by atoms with van der Waals surface area (Å²) in [6.07, 6.45) is 4.14. The first-order chi connectivity index (χ1) is 8.38. The Balaban J connectivity index is 2.06. The van der Waals surface area contributed by atoms with Gasteiger partial charge in [-0.15, -0.1) is 0 Å². The summed E-state index contributed by atoms with van der Waals surface area (Å²) in [5.74, 6) is 1.04. The summed E-state index contributed by atoms with van der Waals surface area (Å²) in [6, 6.07) is 0. The third kappa shape index (κ3) is 3.01. The van der Waals surface area contributed by atoms with E-state index in [-0.39, 0.29) is 11.5 Å². The maximum atomic E-state index is 10.3. The van der Waals surface area contributed by atoms with Crippen LogP contribution in [0.15, 0.2) is 16.9 Å². The van der Waals surface area contributed by atoms with Crippen molar-refractivity contribution in [2.24, 2.45) is 11.3 Å². The summed E-state index contributed by atoms with van der Waals surface area (Å²) >= 11 is 3.32. The molecule has 18 heavy (non-hydrogen) atoms. The van der Waals surface area contributed by atoms with Crippen LogP contribution in [0.1, 0.15) is 27.2 Å². The van der Waals surface area contributed by atoms with E-state index in [1.165, 1.54) is 0 Å². The smallest absolute Gasteiger partial charge is 0.225 e. The van der Waals surface area contributed by atoms with Crippen LogP contribution in [0, 0.1) is 11.3 Å². The highest BCUT2D eigenvalue weighted by Crippen LogP contribution is 2.35. The highest BCUT2D eigenvalue weighted by atomic mass is 79.9. The van der Waals surface area contributed by atoms with Gasteiger partial charge in [0.15, 0.2) is 0 Å². The molecule has 1 N–H and O–H groups in total. The van der Waals surface area contributed by atoms with E-state index in [2.05, 4.69) is 51.6 Å². The van der Waals surface area contributed by atoms with Gasteiger partial charge in [-0.25, -0.2) is 9.97 Å². The highest BCUT2D eigenvalue weighted by Gasteiger charge is 2.36. The SMILES string of the molecule is CC(C)(C)[C@H]1CCN(c2ncc(Br)cn2)C[C@H]1O. The quantitative estimate of drug-likeness (QED) is 0.865. The number of β-amino-alcohol motifs (C(OH)–C–C–N with tert-alkyl or cyclic N) is 1.